The maximum atomic E-state index is 12.2. The monoisotopic (exact) mass is 277 g/mol. The summed E-state index contributed by atoms with van der Waals surface area (Å²) in [5, 5.41) is 0. The summed E-state index contributed by atoms with van der Waals surface area (Å²) in [6, 6.07) is 3.70. The number of fused-ring (bicyclic) bond motifs is 1. The van der Waals surface area contributed by atoms with Gasteiger partial charge in [-0.2, -0.15) is 0 Å². The van der Waals surface area contributed by atoms with E-state index in [1.165, 1.54) is 0 Å². The minimum absolute atomic E-state index is 0.0998. The molecule has 1 aromatic rings. The number of hydrogen-bond acceptors (Lipinski definition) is 4. The molecule has 1 unspecified atom stereocenters. The van der Waals surface area contributed by atoms with Crippen LogP contribution >= 0.6 is 0 Å². The van der Waals surface area contributed by atoms with Crippen molar-refractivity contribution in [3.8, 4) is 0 Å². The number of ether oxygens (including phenoxy) is 1. The van der Waals surface area contributed by atoms with Crippen LogP contribution in [0, 0.1) is 0 Å². The lowest BCUT2D eigenvalue weighted by Gasteiger charge is -2.31. The van der Waals surface area contributed by atoms with E-state index in [0.717, 1.165) is 29.9 Å². The van der Waals surface area contributed by atoms with E-state index >= 15 is 0 Å². The number of rotatable bonds is 1. The minimum atomic E-state index is -0.492. The standard InChI is InChI=1S/C15H23N3O2/c1-10(16)11-7-8-13-12(17-11)6-5-9-18(13)14(19)20-15(2,3)4/h7-8,10H,5-6,9,16H2,1-4H3. The number of aromatic nitrogens is 1. The molecule has 0 aromatic carbocycles. The summed E-state index contributed by atoms with van der Waals surface area (Å²) < 4.78 is 5.45. The minimum Gasteiger partial charge on any atom is -0.443 e. The first-order valence-electron chi connectivity index (χ1n) is 7.04. The largest absolute Gasteiger partial charge is 0.443 e. The molecule has 1 aromatic heterocycles. The summed E-state index contributed by atoms with van der Waals surface area (Å²) >= 11 is 0. The fourth-order valence-corrected chi connectivity index (χ4v) is 2.23. The molecule has 0 saturated heterocycles. The van der Waals surface area contributed by atoms with Crippen molar-refractivity contribution < 1.29 is 9.53 Å². The fraction of sp³-hybridized carbons (Fsp3) is 0.600. The molecule has 5 heteroatoms. The molecular weight excluding hydrogens is 254 g/mol. The van der Waals surface area contributed by atoms with Crippen molar-refractivity contribution in [2.75, 3.05) is 11.4 Å². The first-order chi connectivity index (χ1) is 9.28. The van der Waals surface area contributed by atoms with Crippen molar-refractivity contribution in [2.45, 2.75) is 52.2 Å². The van der Waals surface area contributed by atoms with E-state index in [1.807, 2.05) is 39.8 Å². The topological polar surface area (TPSA) is 68.5 Å². The Morgan fingerprint density at radius 3 is 2.75 bits per heavy atom. The average molecular weight is 277 g/mol. The first kappa shape index (κ1) is 14.8. The number of carbonyl (C=O) groups excluding carboxylic acids is 1. The number of aryl methyl sites for hydroxylation is 1. The van der Waals surface area contributed by atoms with Gasteiger partial charge in [0.2, 0.25) is 0 Å². The second kappa shape index (κ2) is 5.40. The highest BCUT2D eigenvalue weighted by atomic mass is 16.6. The highest BCUT2D eigenvalue weighted by Gasteiger charge is 2.28. The predicted octanol–water partition coefficient (Wildman–Crippen LogP) is 2.79. The van der Waals surface area contributed by atoms with Gasteiger partial charge >= 0.3 is 6.09 Å². The van der Waals surface area contributed by atoms with Crippen molar-refractivity contribution in [3.05, 3.63) is 23.5 Å². The Bertz CT molecular complexity index is 506. The van der Waals surface area contributed by atoms with Gasteiger partial charge < -0.3 is 10.5 Å². The Labute approximate surface area is 120 Å². The van der Waals surface area contributed by atoms with E-state index in [9.17, 15) is 4.79 Å². The number of amides is 1. The van der Waals surface area contributed by atoms with Crippen LogP contribution in [-0.4, -0.2) is 23.2 Å². The van der Waals surface area contributed by atoms with Crippen molar-refractivity contribution in [3.63, 3.8) is 0 Å². The third-order valence-corrected chi connectivity index (χ3v) is 3.14. The lowest BCUT2D eigenvalue weighted by atomic mass is 10.1. The average Bonchev–Trinajstić information content (AvgIpc) is 2.35. The predicted molar refractivity (Wildman–Crippen MR) is 78.7 cm³/mol. The zero-order valence-corrected chi connectivity index (χ0v) is 12.6. The molecule has 1 aliphatic rings. The van der Waals surface area contributed by atoms with Gasteiger partial charge in [0, 0.05) is 12.6 Å². The van der Waals surface area contributed by atoms with Crippen LogP contribution in [0.4, 0.5) is 10.5 Å². The number of nitrogens with two attached hydrogens (primary N) is 1. The Balaban J connectivity index is 2.27. The fourth-order valence-electron chi connectivity index (χ4n) is 2.23. The zero-order chi connectivity index (χ0) is 14.9. The number of carbonyl (C=O) groups is 1. The van der Waals surface area contributed by atoms with Crippen molar-refractivity contribution >= 4 is 11.8 Å². The molecule has 0 saturated carbocycles. The highest BCUT2D eigenvalue weighted by molar-refractivity contribution is 5.89. The molecule has 5 nitrogen and oxygen atoms in total. The molecular formula is C15H23N3O2. The van der Waals surface area contributed by atoms with Crippen LogP contribution in [0.1, 0.15) is 51.5 Å². The SMILES string of the molecule is CC(N)c1ccc2c(n1)CCCN2C(=O)OC(C)(C)C. The van der Waals surface area contributed by atoms with E-state index in [1.54, 1.807) is 4.90 Å². The van der Waals surface area contributed by atoms with Crippen LogP contribution in [0.3, 0.4) is 0 Å². The normalized spacial score (nSPS) is 16.6. The van der Waals surface area contributed by atoms with E-state index in [2.05, 4.69) is 4.98 Å². The third kappa shape index (κ3) is 3.28. The van der Waals surface area contributed by atoms with Crippen molar-refractivity contribution in [1.82, 2.24) is 4.98 Å². The number of pyridine rings is 1. The smallest absolute Gasteiger partial charge is 0.414 e. The highest BCUT2D eigenvalue weighted by Crippen LogP contribution is 2.28. The quantitative estimate of drug-likeness (QED) is 0.857. The van der Waals surface area contributed by atoms with Crippen LogP contribution in [0.2, 0.25) is 0 Å². The molecule has 2 rings (SSSR count). The van der Waals surface area contributed by atoms with E-state index in [0.29, 0.717) is 6.54 Å². The molecule has 1 amide bonds. The number of hydrogen-bond donors (Lipinski definition) is 1. The van der Waals surface area contributed by atoms with E-state index < -0.39 is 5.60 Å². The summed E-state index contributed by atoms with van der Waals surface area (Å²) in [5.41, 5.74) is 7.99. The molecule has 0 radical (unpaired) electrons. The molecule has 0 bridgehead atoms. The summed E-state index contributed by atoms with van der Waals surface area (Å²) in [6.45, 7) is 8.18. The molecule has 2 N–H and O–H groups in total. The molecule has 0 fully saturated rings. The van der Waals surface area contributed by atoms with Gasteiger partial charge in [-0.15, -0.1) is 0 Å². The summed E-state index contributed by atoms with van der Waals surface area (Å²) in [4.78, 5) is 18.5. The second-order valence-corrected chi connectivity index (χ2v) is 6.23. The number of anilines is 1. The van der Waals surface area contributed by atoms with Gasteiger partial charge in [0.1, 0.15) is 5.60 Å². The Kier molecular flexibility index (Phi) is 3.99. The van der Waals surface area contributed by atoms with E-state index in [-0.39, 0.29) is 12.1 Å². The first-order valence-corrected chi connectivity index (χ1v) is 7.04. The third-order valence-electron chi connectivity index (χ3n) is 3.14. The van der Waals surface area contributed by atoms with Crippen LogP contribution in [0.5, 0.6) is 0 Å². The van der Waals surface area contributed by atoms with Crippen LogP contribution in [0.15, 0.2) is 12.1 Å². The van der Waals surface area contributed by atoms with E-state index in [4.69, 9.17) is 10.5 Å². The number of nitrogens with zero attached hydrogens (tertiary/aromatic N) is 2. The lowest BCUT2D eigenvalue weighted by Crippen LogP contribution is -2.40. The molecule has 0 spiro atoms. The van der Waals surface area contributed by atoms with Gasteiger partial charge in [-0.3, -0.25) is 9.88 Å². The van der Waals surface area contributed by atoms with Crippen LogP contribution in [-0.2, 0) is 11.2 Å². The molecule has 20 heavy (non-hydrogen) atoms. The summed E-state index contributed by atoms with van der Waals surface area (Å²) in [7, 11) is 0. The second-order valence-electron chi connectivity index (χ2n) is 6.23. The molecule has 0 aliphatic carbocycles. The van der Waals surface area contributed by atoms with Crippen LogP contribution < -0.4 is 10.6 Å². The molecule has 1 atom stereocenters. The van der Waals surface area contributed by atoms with Gasteiger partial charge in [0.15, 0.2) is 0 Å². The summed E-state index contributed by atoms with van der Waals surface area (Å²) in [6.07, 6.45) is 1.45. The zero-order valence-electron chi connectivity index (χ0n) is 12.6. The maximum Gasteiger partial charge on any atom is 0.414 e. The van der Waals surface area contributed by atoms with Gasteiger partial charge in [-0.25, -0.2) is 4.79 Å². The molecule has 2 heterocycles. The lowest BCUT2D eigenvalue weighted by molar-refractivity contribution is 0.0577. The van der Waals surface area contributed by atoms with Gasteiger partial charge in [-0.05, 0) is 52.7 Å². The molecule has 1 aliphatic heterocycles. The maximum absolute atomic E-state index is 12.2. The molecule has 110 valence electrons. The van der Waals surface area contributed by atoms with Crippen molar-refractivity contribution in [1.29, 1.82) is 0 Å². The van der Waals surface area contributed by atoms with Crippen LogP contribution in [0.25, 0.3) is 0 Å². The van der Waals surface area contributed by atoms with Crippen molar-refractivity contribution in [2.24, 2.45) is 5.73 Å². The summed E-state index contributed by atoms with van der Waals surface area (Å²) in [5.74, 6) is 0. The van der Waals surface area contributed by atoms with Gasteiger partial charge in [-0.1, -0.05) is 0 Å². The Hall–Kier alpha value is -1.62. The van der Waals surface area contributed by atoms with Gasteiger partial charge in [0.05, 0.1) is 17.1 Å². The Morgan fingerprint density at radius 2 is 2.15 bits per heavy atom. The van der Waals surface area contributed by atoms with Gasteiger partial charge in [0.25, 0.3) is 0 Å². The Morgan fingerprint density at radius 1 is 1.45 bits per heavy atom.